The number of pyridine rings is 1. The van der Waals surface area contributed by atoms with Gasteiger partial charge in [0.15, 0.2) is 17.8 Å². The van der Waals surface area contributed by atoms with Gasteiger partial charge in [-0.3, -0.25) is 4.79 Å². The summed E-state index contributed by atoms with van der Waals surface area (Å²) in [6, 6.07) is 3.60. The van der Waals surface area contributed by atoms with Crippen molar-refractivity contribution in [1.82, 2.24) is 14.6 Å². The zero-order valence-corrected chi connectivity index (χ0v) is 10.2. The van der Waals surface area contributed by atoms with Crippen LogP contribution in [0.1, 0.15) is 29.0 Å². The molecule has 1 atom stereocenters. The molecule has 2 aromatic rings. The van der Waals surface area contributed by atoms with Crippen LogP contribution in [0.4, 0.5) is 0 Å². The predicted molar refractivity (Wildman–Crippen MR) is 67.6 cm³/mol. The monoisotopic (exact) mass is 247 g/mol. The summed E-state index contributed by atoms with van der Waals surface area (Å²) in [6.07, 6.45) is 6.05. The van der Waals surface area contributed by atoms with Crippen LogP contribution >= 0.6 is 11.8 Å². The van der Waals surface area contributed by atoms with Crippen molar-refractivity contribution in [2.75, 3.05) is 5.75 Å². The molecule has 0 spiro atoms. The molecule has 1 fully saturated rings. The lowest BCUT2D eigenvalue weighted by Gasteiger charge is -2.02. The zero-order valence-electron chi connectivity index (χ0n) is 9.37. The van der Waals surface area contributed by atoms with Gasteiger partial charge in [0.1, 0.15) is 0 Å². The smallest absolute Gasteiger partial charge is 0.155 e. The maximum Gasteiger partial charge on any atom is 0.155 e. The molecule has 4 nitrogen and oxygen atoms in total. The molecule has 1 aliphatic rings. The van der Waals surface area contributed by atoms with Crippen LogP contribution in [0.5, 0.6) is 0 Å². The molecule has 0 amide bonds. The number of aromatic nitrogens is 3. The molecular formula is C12H13N3OS. The first-order valence-corrected chi connectivity index (χ1v) is 6.82. The van der Waals surface area contributed by atoms with Crippen LogP contribution in [0.25, 0.3) is 5.65 Å². The third-order valence-corrected chi connectivity index (χ3v) is 4.37. The van der Waals surface area contributed by atoms with Gasteiger partial charge in [-0.15, -0.1) is 0 Å². The highest BCUT2D eigenvalue weighted by molar-refractivity contribution is 8.00. The minimum atomic E-state index is 0.629. The Bertz CT molecular complexity index is 546. The van der Waals surface area contributed by atoms with Gasteiger partial charge in [-0.05, 0) is 30.7 Å². The highest BCUT2D eigenvalue weighted by atomic mass is 32.2. The van der Waals surface area contributed by atoms with Crippen molar-refractivity contribution in [3.05, 3.63) is 29.7 Å². The van der Waals surface area contributed by atoms with E-state index < -0.39 is 0 Å². The minimum absolute atomic E-state index is 0.629. The number of hydrogen-bond donors (Lipinski definition) is 0. The van der Waals surface area contributed by atoms with Crippen LogP contribution in [-0.4, -0.2) is 31.9 Å². The summed E-state index contributed by atoms with van der Waals surface area (Å²) >= 11 is 2.01. The molecule has 0 aromatic carbocycles. The van der Waals surface area contributed by atoms with E-state index in [1.807, 2.05) is 17.8 Å². The molecule has 0 saturated carbocycles. The van der Waals surface area contributed by atoms with Crippen LogP contribution in [0, 0.1) is 0 Å². The average molecular weight is 247 g/mol. The minimum Gasteiger partial charge on any atom is -0.298 e. The van der Waals surface area contributed by atoms with E-state index in [0.29, 0.717) is 10.8 Å². The number of carbonyl (C=O) groups is 1. The maximum absolute atomic E-state index is 10.7. The largest absolute Gasteiger partial charge is 0.298 e. The Morgan fingerprint density at radius 2 is 2.47 bits per heavy atom. The highest BCUT2D eigenvalue weighted by Gasteiger charge is 2.18. The average Bonchev–Trinajstić information content (AvgIpc) is 2.96. The fourth-order valence-corrected chi connectivity index (χ4v) is 3.38. The number of aldehydes is 1. The van der Waals surface area contributed by atoms with Gasteiger partial charge in [-0.25, -0.2) is 9.50 Å². The van der Waals surface area contributed by atoms with Crippen LogP contribution in [0.15, 0.2) is 18.3 Å². The lowest BCUT2D eigenvalue weighted by Crippen LogP contribution is -2.03. The van der Waals surface area contributed by atoms with Gasteiger partial charge >= 0.3 is 0 Å². The van der Waals surface area contributed by atoms with Crippen molar-refractivity contribution >= 4 is 23.7 Å². The molecule has 0 N–H and O–H groups in total. The van der Waals surface area contributed by atoms with E-state index >= 15 is 0 Å². The second-order valence-corrected chi connectivity index (χ2v) is 5.66. The van der Waals surface area contributed by atoms with Crippen molar-refractivity contribution in [2.45, 2.75) is 24.5 Å². The molecular weight excluding hydrogens is 234 g/mol. The van der Waals surface area contributed by atoms with E-state index in [9.17, 15) is 4.79 Å². The van der Waals surface area contributed by atoms with Crippen LogP contribution in [0.2, 0.25) is 0 Å². The fraction of sp³-hybridized carbons (Fsp3) is 0.417. The Morgan fingerprint density at radius 1 is 1.53 bits per heavy atom. The molecule has 0 radical (unpaired) electrons. The Hall–Kier alpha value is -1.36. The predicted octanol–water partition coefficient (Wildman–Crippen LogP) is 1.98. The molecule has 1 saturated heterocycles. The van der Waals surface area contributed by atoms with E-state index in [1.54, 1.807) is 16.8 Å². The SMILES string of the molecule is O=Cc1ccc2nc(CC3CCCS3)nn2c1. The number of nitrogens with zero attached hydrogens (tertiary/aromatic N) is 3. The number of carbonyl (C=O) groups excluding carboxylic acids is 1. The summed E-state index contributed by atoms with van der Waals surface area (Å²) in [5.74, 6) is 2.14. The number of fused-ring (bicyclic) bond motifs is 1. The Labute approximate surface area is 103 Å². The van der Waals surface area contributed by atoms with Gasteiger partial charge in [-0.2, -0.15) is 16.9 Å². The molecule has 88 valence electrons. The first-order chi connectivity index (χ1) is 8.35. The second kappa shape index (κ2) is 4.49. The molecule has 1 unspecified atom stereocenters. The maximum atomic E-state index is 10.7. The fourth-order valence-electron chi connectivity index (χ4n) is 2.11. The molecule has 17 heavy (non-hydrogen) atoms. The van der Waals surface area contributed by atoms with Crippen molar-refractivity contribution in [3.8, 4) is 0 Å². The summed E-state index contributed by atoms with van der Waals surface area (Å²) in [5, 5.41) is 5.08. The third kappa shape index (κ3) is 2.20. The molecule has 0 aliphatic carbocycles. The number of thioether (sulfide) groups is 1. The number of hydrogen-bond acceptors (Lipinski definition) is 4. The molecule has 0 bridgehead atoms. The van der Waals surface area contributed by atoms with Gasteiger partial charge in [0, 0.05) is 23.4 Å². The summed E-state index contributed by atoms with van der Waals surface area (Å²) in [6.45, 7) is 0. The van der Waals surface area contributed by atoms with Crippen LogP contribution in [-0.2, 0) is 6.42 Å². The molecule has 1 aliphatic heterocycles. The van der Waals surface area contributed by atoms with Gasteiger partial charge in [0.05, 0.1) is 0 Å². The molecule has 3 rings (SSSR count). The van der Waals surface area contributed by atoms with Gasteiger partial charge < -0.3 is 0 Å². The third-order valence-electron chi connectivity index (χ3n) is 2.97. The second-order valence-electron chi connectivity index (χ2n) is 4.25. The van der Waals surface area contributed by atoms with E-state index in [2.05, 4.69) is 10.1 Å². The summed E-state index contributed by atoms with van der Waals surface area (Å²) in [7, 11) is 0. The highest BCUT2D eigenvalue weighted by Crippen LogP contribution is 2.28. The molecule has 5 heteroatoms. The van der Waals surface area contributed by atoms with Gasteiger partial charge in [0.25, 0.3) is 0 Å². The molecule has 2 aromatic heterocycles. The lowest BCUT2D eigenvalue weighted by molar-refractivity contribution is 0.112. The van der Waals surface area contributed by atoms with Crippen molar-refractivity contribution in [2.24, 2.45) is 0 Å². The van der Waals surface area contributed by atoms with Gasteiger partial charge in [-0.1, -0.05) is 0 Å². The Kier molecular flexibility index (Phi) is 2.84. The first-order valence-electron chi connectivity index (χ1n) is 5.77. The normalized spacial score (nSPS) is 19.9. The van der Waals surface area contributed by atoms with Crippen LogP contribution in [0.3, 0.4) is 0 Å². The standard InChI is InChI=1S/C12H13N3OS/c16-8-9-3-4-12-13-11(14-15(12)7-9)6-10-2-1-5-17-10/h3-4,7-8,10H,1-2,5-6H2. The van der Waals surface area contributed by atoms with Crippen molar-refractivity contribution < 1.29 is 4.79 Å². The van der Waals surface area contributed by atoms with Crippen LogP contribution < -0.4 is 0 Å². The summed E-state index contributed by atoms with van der Waals surface area (Å²) in [5.41, 5.74) is 1.44. The lowest BCUT2D eigenvalue weighted by atomic mass is 10.2. The molecule has 3 heterocycles. The van der Waals surface area contributed by atoms with Gasteiger partial charge in [0.2, 0.25) is 0 Å². The number of rotatable bonds is 3. The van der Waals surface area contributed by atoms with E-state index in [4.69, 9.17) is 0 Å². The quantitative estimate of drug-likeness (QED) is 0.778. The Morgan fingerprint density at radius 3 is 3.24 bits per heavy atom. The topological polar surface area (TPSA) is 47.3 Å². The van der Waals surface area contributed by atoms with E-state index in [1.165, 1.54) is 18.6 Å². The van der Waals surface area contributed by atoms with E-state index in [0.717, 1.165) is 24.2 Å². The summed E-state index contributed by atoms with van der Waals surface area (Å²) < 4.78 is 1.69. The Balaban J connectivity index is 1.87. The zero-order chi connectivity index (χ0) is 11.7. The van der Waals surface area contributed by atoms with Crippen molar-refractivity contribution in [1.29, 1.82) is 0 Å². The van der Waals surface area contributed by atoms with Crippen molar-refractivity contribution in [3.63, 3.8) is 0 Å². The first kappa shape index (κ1) is 10.8. The van der Waals surface area contributed by atoms with E-state index in [-0.39, 0.29) is 0 Å². The summed E-state index contributed by atoms with van der Waals surface area (Å²) in [4.78, 5) is 15.1.